The Bertz CT molecular complexity index is 503. The SMILES string of the molecule is CC(=O)c1cc2ccc(C)cc2cn1. The van der Waals surface area contributed by atoms with Gasteiger partial charge in [-0.15, -0.1) is 0 Å². The lowest BCUT2D eigenvalue weighted by Gasteiger charge is -2.00. The van der Waals surface area contributed by atoms with E-state index in [9.17, 15) is 4.79 Å². The first-order valence-electron chi connectivity index (χ1n) is 4.54. The molecule has 0 fully saturated rings. The van der Waals surface area contributed by atoms with Gasteiger partial charge in [0.1, 0.15) is 5.69 Å². The summed E-state index contributed by atoms with van der Waals surface area (Å²) in [7, 11) is 0. The molecule has 0 bridgehead atoms. The Kier molecular flexibility index (Phi) is 2.04. The number of hydrogen-bond acceptors (Lipinski definition) is 2. The standard InChI is InChI=1S/C12H11NO/c1-8-3-4-10-6-12(9(2)14)13-7-11(10)5-8/h3-7H,1-2H3. The topological polar surface area (TPSA) is 30.0 Å². The van der Waals surface area contributed by atoms with E-state index in [0.29, 0.717) is 5.69 Å². The first-order valence-corrected chi connectivity index (χ1v) is 4.54. The second-order valence-electron chi connectivity index (χ2n) is 3.48. The lowest BCUT2D eigenvalue weighted by atomic mass is 10.1. The van der Waals surface area contributed by atoms with Crippen molar-refractivity contribution in [3.8, 4) is 0 Å². The fourth-order valence-electron chi connectivity index (χ4n) is 1.45. The van der Waals surface area contributed by atoms with Crippen LogP contribution in [0.15, 0.2) is 30.5 Å². The number of carbonyl (C=O) groups is 1. The number of pyridine rings is 1. The molecule has 0 unspecified atom stereocenters. The highest BCUT2D eigenvalue weighted by atomic mass is 16.1. The highest BCUT2D eigenvalue weighted by molar-refractivity contribution is 5.96. The van der Waals surface area contributed by atoms with E-state index in [2.05, 4.69) is 11.1 Å². The Morgan fingerprint density at radius 2 is 2.00 bits per heavy atom. The van der Waals surface area contributed by atoms with E-state index in [4.69, 9.17) is 0 Å². The molecule has 2 rings (SSSR count). The number of aryl methyl sites for hydroxylation is 1. The van der Waals surface area contributed by atoms with Crippen molar-refractivity contribution in [3.05, 3.63) is 41.7 Å². The lowest BCUT2D eigenvalue weighted by Crippen LogP contribution is -1.95. The van der Waals surface area contributed by atoms with Crippen LogP contribution in [0.2, 0.25) is 0 Å². The molecule has 0 spiro atoms. The van der Waals surface area contributed by atoms with Gasteiger partial charge in [0.05, 0.1) is 0 Å². The van der Waals surface area contributed by atoms with Gasteiger partial charge in [0.25, 0.3) is 0 Å². The summed E-state index contributed by atoms with van der Waals surface area (Å²) in [5, 5.41) is 2.14. The Balaban J connectivity index is 2.67. The van der Waals surface area contributed by atoms with Crippen LogP contribution >= 0.6 is 0 Å². The maximum atomic E-state index is 11.1. The molecule has 2 heteroatoms. The van der Waals surface area contributed by atoms with Crippen molar-refractivity contribution in [3.63, 3.8) is 0 Å². The first kappa shape index (κ1) is 8.88. The molecule has 2 aromatic rings. The van der Waals surface area contributed by atoms with Crippen molar-refractivity contribution in [1.82, 2.24) is 4.98 Å². The number of nitrogens with zero attached hydrogens (tertiary/aromatic N) is 1. The monoisotopic (exact) mass is 185 g/mol. The van der Waals surface area contributed by atoms with Crippen LogP contribution < -0.4 is 0 Å². The van der Waals surface area contributed by atoms with Crippen LogP contribution in [-0.2, 0) is 0 Å². The van der Waals surface area contributed by atoms with Gasteiger partial charge in [-0.25, -0.2) is 0 Å². The molecular weight excluding hydrogens is 174 g/mol. The van der Waals surface area contributed by atoms with Gasteiger partial charge in [0.2, 0.25) is 0 Å². The zero-order valence-corrected chi connectivity index (χ0v) is 8.24. The normalized spacial score (nSPS) is 10.4. The number of fused-ring (bicyclic) bond motifs is 1. The molecule has 0 aliphatic heterocycles. The summed E-state index contributed by atoms with van der Waals surface area (Å²) in [6.07, 6.45) is 1.75. The molecule has 14 heavy (non-hydrogen) atoms. The zero-order chi connectivity index (χ0) is 10.1. The molecular formula is C12H11NO. The van der Waals surface area contributed by atoms with E-state index in [-0.39, 0.29) is 5.78 Å². The van der Waals surface area contributed by atoms with Crippen molar-refractivity contribution in [2.45, 2.75) is 13.8 Å². The van der Waals surface area contributed by atoms with Crippen LogP contribution in [0.1, 0.15) is 23.0 Å². The smallest absolute Gasteiger partial charge is 0.178 e. The molecule has 0 aliphatic carbocycles. The summed E-state index contributed by atoms with van der Waals surface area (Å²) in [4.78, 5) is 15.2. The summed E-state index contributed by atoms with van der Waals surface area (Å²) < 4.78 is 0. The highest BCUT2D eigenvalue weighted by Gasteiger charge is 2.01. The van der Waals surface area contributed by atoms with Gasteiger partial charge in [-0.3, -0.25) is 9.78 Å². The predicted molar refractivity (Wildman–Crippen MR) is 56.5 cm³/mol. The molecule has 1 heterocycles. The fourth-order valence-corrected chi connectivity index (χ4v) is 1.45. The summed E-state index contributed by atoms with van der Waals surface area (Å²) >= 11 is 0. The van der Waals surface area contributed by atoms with Crippen molar-refractivity contribution >= 4 is 16.6 Å². The van der Waals surface area contributed by atoms with Crippen LogP contribution in [0.3, 0.4) is 0 Å². The maximum Gasteiger partial charge on any atom is 0.178 e. The molecule has 0 saturated carbocycles. The Morgan fingerprint density at radius 3 is 2.71 bits per heavy atom. The number of ketones is 1. The number of Topliss-reactive ketones (excluding diaryl/α,β-unsaturated/α-hetero) is 1. The predicted octanol–water partition coefficient (Wildman–Crippen LogP) is 2.75. The third-order valence-electron chi connectivity index (χ3n) is 2.24. The molecule has 0 amide bonds. The van der Waals surface area contributed by atoms with E-state index in [1.165, 1.54) is 12.5 Å². The quantitative estimate of drug-likeness (QED) is 0.639. The second-order valence-corrected chi connectivity index (χ2v) is 3.48. The Hall–Kier alpha value is -1.70. The molecule has 0 aliphatic rings. The average Bonchev–Trinajstić information content (AvgIpc) is 2.16. The Labute approximate surface area is 82.6 Å². The molecule has 1 aromatic carbocycles. The summed E-state index contributed by atoms with van der Waals surface area (Å²) in [6, 6.07) is 7.94. The van der Waals surface area contributed by atoms with Gasteiger partial charge < -0.3 is 0 Å². The van der Waals surface area contributed by atoms with Gasteiger partial charge in [-0.05, 0) is 24.4 Å². The fraction of sp³-hybridized carbons (Fsp3) is 0.167. The van der Waals surface area contributed by atoms with Crippen LogP contribution in [-0.4, -0.2) is 10.8 Å². The van der Waals surface area contributed by atoms with E-state index < -0.39 is 0 Å². The third kappa shape index (κ3) is 1.51. The molecule has 0 saturated heterocycles. The van der Waals surface area contributed by atoms with Gasteiger partial charge in [0.15, 0.2) is 5.78 Å². The van der Waals surface area contributed by atoms with Crippen molar-refractivity contribution in [1.29, 1.82) is 0 Å². The molecule has 0 radical (unpaired) electrons. The summed E-state index contributed by atoms with van der Waals surface area (Å²) in [5.74, 6) is 0.00692. The van der Waals surface area contributed by atoms with E-state index in [1.54, 1.807) is 6.20 Å². The van der Waals surface area contributed by atoms with Crippen LogP contribution in [0.4, 0.5) is 0 Å². The van der Waals surface area contributed by atoms with Crippen molar-refractivity contribution in [2.75, 3.05) is 0 Å². The largest absolute Gasteiger partial charge is 0.293 e. The summed E-state index contributed by atoms with van der Waals surface area (Å²) in [6.45, 7) is 3.57. The minimum atomic E-state index is 0.00692. The number of carbonyl (C=O) groups excluding carboxylic acids is 1. The molecule has 0 N–H and O–H groups in total. The average molecular weight is 185 g/mol. The number of rotatable bonds is 1. The van der Waals surface area contributed by atoms with Crippen LogP contribution in [0.25, 0.3) is 10.8 Å². The molecule has 1 aromatic heterocycles. The van der Waals surface area contributed by atoms with Gasteiger partial charge in [-0.1, -0.05) is 17.7 Å². The van der Waals surface area contributed by atoms with Crippen molar-refractivity contribution < 1.29 is 4.79 Å². The lowest BCUT2D eigenvalue weighted by molar-refractivity contribution is 0.101. The minimum absolute atomic E-state index is 0.00692. The van der Waals surface area contributed by atoms with Crippen molar-refractivity contribution in [2.24, 2.45) is 0 Å². The van der Waals surface area contributed by atoms with Crippen LogP contribution in [0, 0.1) is 6.92 Å². The van der Waals surface area contributed by atoms with Gasteiger partial charge in [-0.2, -0.15) is 0 Å². The zero-order valence-electron chi connectivity index (χ0n) is 8.24. The minimum Gasteiger partial charge on any atom is -0.293 e. The summed E-state index contributed by atoms with van der Waals surface area (Å²) in [5.41, 5.74) is 1.73. The Morgan fingerprint density at radius 1 is 1.21 bits per heavy atom. The van der Waals surface area contributed by atoms with E-state index >= 15 is 0 Å². The third-order valence-corrected chi connectivity index (χ3v) is 2.24. The number of hydrogen-bond donors (Lipinski definition) is 0. The first-order chi connectivity index (χ1) is 6.66. The number of aromatic nitrogens is 1. The van der Waals surface area contributed by atoms with Crippen LogP contribution in [0.5, 0.6) is 0 Å². The molecule has 0 atom stereocenters. The molecule has 2 nitrogen and oxygen atoms in total. The molecule has 70 valence electrons. The van der Waals surface area contributed by atoms with Gasteiger partial charge in [0, 0.05) is 18.5 Å². The van der Waals surface area contributed by atoms with Gasteiger partial charge >= 0.3 is 0 Å². The highest BCUT2D eigenvalue weighted by Crippen LogP contribution is 2.15. The second kappa shape index (κ2) is 3.22. The maximum absolute atomic E-state index is 11.1. The van der Waals surface area contributed by atoms with E-state index in [1.807, 2.05) is 25.1 Å². The number of benzene rings is 1. The van der Waals surface area contributed by atoms with E-state index in [0.717, 1.165) is 10.8 Å².